The average Bonchev–Trinajstić information content (AvgIpc) is 2.77. The normalized spacial score (nSPS) is 10.9. The summed E-state index contributed by atoms with van der Waals surface area (Å²) in [7, 11) is 0. The standard InChI is InChI=1S/C11H12F2N4O2/c12-10(13)19-8-3-1-7(2-4-8)5-14-6-9-15-11(18)17-16-9/h1-4,10,14H,5-6H2,(H2,15,16,17,18). The Hall–Kier alpha value is -2.22. The minimum absolute atomic E-state index is 0.121. The first-order valence-corrected chi connectivity index (χ1v) is 5.51. The van der Waals surface area contributed by atoms with E-state index in [0.29, 0.717) is 18.9 Å². The van der Waals surface area contributed by atoms with Crippen molar-refractivity contribution in [2.45, 2.75) is 19.7 Å². The molecule has 3 N–H and O–H groups in total. The Labute approximate surface area is 106 Å². The van der Waals surface area contributed by atoms with E-state index in [4.69, 9.17) is 0 Å². The van der Waals surface area contributed by atoms with Crippen molar-refractivity contribution >= 4 is 0 Å². The second-order valence-corrected chi connectivity index (χ2v) is 3.75. The first kappa shape index (κ1) is 13.2. The highest BCUT2D eigenvalue weighted by Gasteiger charge is 2.03. The highest BCUT2D eigenvalue weighted by Crippen LogP contribution is 2.14. The fourth-order valence-electron chi connectivity index (χ4n) is 1.50. The van der Waals surface area contributed by atoms with Crippen molar-refractivity contribution in [2.75, 3.05) is 0 Å². The summed E-state index contributed by atoms with van der Waals surface area (Å²) in [5, 5.41) is 9.04. The van der Waals surface area contributed by atoms with Gasteiger partial charge in [-0.3, -0.25) is 4.98 Å². The Morgan fingerprint density at radius 3 is 2.58 bits per heavy atom. The largest absolute Gasteiger partial charge is 0.435 e. The van der Waals surface area contributed by atoms with Crippen molar-refractivity contribution in [2.24, 2.45) is 0 Å². The molecule has 0 radical (unpaired) electrons. The fraction of sp³-hybridized carbons (Fsp3) is 0.273. The van der Waals surface area contributed by atoms with Gasteiger partial charge < -0.3 is 10.1 Å². The van der Waals surface area contributed by atoms with Crippen molar-refractivity contribution < 1.29 is 13.5 Å². The SMILES string of the molecule is O=c1[nH]nc(CNCc2ccc(OC(F)F)cc2)[nH]1. The predicted octanol–water partition coefficient (Wildman–Crippen LogP) is 0.989. The number of alkyl halides is 2. The quantitative estimate of drug-likeness (QED) is 0.731. The third kappa shape index (κ3) is 4.18. The molecule has 0 bridgehead atoms. The molecule has 0 aliphatic carbocycles. The van der Waals surface area contributed by atoms with Gasteiger partial charge in [-0.2, -0.15) is 13.9 Å². The molecular formula is C11H12F2N4O2. The number of benzene rings is 1. The number of aromatic amines is 2. The Morgan fingerprint density at radius 1 is 1.26 bits per heavy atom. The minimum Gasteiger partial charge on any atom is -0.435 e. The van der Waals surface area contributed by atoms with Crippen LogP contribution in [0.15, 0.2) is 29.1 Å². The van der Waals surface area contributed by atoms with Gasteiger partial charge in [0.2, 0.25) is 0 Å². The third-order valence-electron chi connectivity index (χ3n) is 2.32. The molecule has 102 valence electrons. The maximum absolute atomic E-state index is 11.9. The van der Waals surface area contributed by atoms with Gasteiger partial charge in [-0.05, 0) is 17.7 Å². The number of hydrogen-bond acceptors (Lipinski definition) is 4. The molecule has 2 aromatic rings. The first-order valence-electron chi connectivity index (χ1n) is 5.51. The van der Waals surface area contributed by atoms with Gasteiger partial charge in [-0.1, -0.05) is 12.1 Å². The molecule has 1 aromatic carbocycles. The molecule has 6 nitrogen and oxygen atoms in total. The summed E-state index contributed by atoms with van der Waals surface area (Å²) in [6.07, 6.45) is 0. The fourth-order valence-corrected chi connectivity index (χ4v) is 1.50. The zero-order chi connectivity index (χ0) is 13.7. The molecule has 1 heterocycles. The van der Waals surface area contributed by atoms with E-state index in [1.165, 1.54) is 12.1 Å². The lowest BCUT2D eigenvalue weighted by atomic mass is 10.2. The van der Waals surface area contributed by atoms with Crippen molar-refractivity contribution in [3.63, 3.8) is 0 Å². The highest BCUT2D eigenvalue weighted by molar-refractivity contribution is 5.27. The van der Waals surface area contributed by atoms with E-state index >= 15 is 0 Å². The number of hydrogen-bond donors (Lipinski definition) is 3. The summed E-state index contributed by atoms with van der Waals surface area (Å²) >= 11 is 0. The van der Waals surface area contributed by atoms with E-state index in [1.54, 1.807) is 12.1 Å². The molecule has 8 heteroatoms. The van der Waals surface area contributed by atoms with Crippen LogP contribution < -0.4 is 15.7 Å². The molecular weight excluding hydrogens is 258 g/mol. The number of rotatable bonds is 6. The first-order chi connectivity index (χ1) is 9.13. The molecule has 1 aromatic heterocycles. The van der Waals surface area contributed by atoms with Crippen LogP contribution in [-0.2, 0) is 13.1 Å². The van der Waals surface area contributed by atoms with Gasteiger partial charge in [0.05, 0.1) is 6.54 Å². The predicted molar refractivity (Wildman–Crippen MR) is 62.8 cm³/mol. The van der Waals surface area contributed by atoms with Crippen LogP contribution in [0, 0.1) is 0 Å². The number of halogens is 2. The average molecular weight is 270 g/mol. The molecule has 0 aliphatic heterocycles. The smallest absolute Gasteiger partial charge is 0.387 e. The number of nitrogens with zero attached hydrogens (tertiary/aromatic N) is 1. The van der Waals surface area contributed by atoms with E-state index in [-0.39, 0.29) is 11.4 Å². The van der Waals surface area contributed by atoms with Crippen molar-refractivity contribution in [1.82, 2.24) is 20.5 Å². The number of aromatic nitrogens is 3. The van der Waals surface area contributed by atoms with Crippen LogP contribution >= 0.6 is 0 Å². The van der Waals surface area contributed by atoms with Crippen LogP contribution in [0.3, 0.4) is 0 Å². The van der Waals surface area contributed by atoms with Crippen LogP contribution in [0.2, 0.25) is 0 Å². The lowest BCUT2D eigenvalue weighted by Crippen LogP contribution is -2.14. The van der Waals surface area contributed by atoms with Crippen LogP contribution in [0.1, 0.15) is 11.4 Å². The van der Waals surface area contributed by atoms with E-state index in [9.17, 15) is 13.6 Å². The lowest BCUT2D eigenvalue weighted by Gasteiger charge is -2.06. The van der Waals surface area contributed by atoms with Crippen LogP contribution in [-0.4, -0.2) is 21.8 Å². The van der Waals surface area contributed by atoms with E-state index in [1.807, 2.05) is 0 Å². The Morgan fingerprint density at radius 2 is 2.00 bits per heavy atom. The maximum Gasteiger partial charge on any atom is 0.387 e. The Kier molecular flexibility index (Phi) is 4.24. The highest BCUT2D eigenvalue weighted by atomic mass is 19.3. The Balaban J connectivity index is 1.81. The molecule has 0 aliphatic rings. The molecule has 0 atom stereocenters. The molecule has 2 rings (SSSR count). The van der Waals surface area contributed by atoms with E-state index in [0.717, 1.165) is 5.56 Å². The van der Waals surface area contributed by atoms with Crippen molar-refractivity contribution in [3.05, 3.63) is 46.1 Å². The van der Waals surface area contributed by atoms with Crippen LogP contribution in [0.25, 0.3) is 0 Å². The molecule has 0 fully saturated rings. The lowest BCUT2D eigenvalue weighted by molar-refractivity contribution is -0.0498. The number of H-pyrrole nitrogens is 2. The number of ether oxygens (including phenoxy) is 1. The molecule has 0 amide bonds. The van der Waals surface area contributed by atoms with Crippen LogP contribution in [0.4, 0.5) is 8.78 Å². The number of nitrogens with one attached hydrogen (secondary N) is 3. The zero-order valence-electron chi connectivity index (χ0n) is 9.82. The summed E-state index contributed by atoms with van der Waals surface area (Å²) in [4.78, 5) is 13.3. The van der Waals surface area contributed by atoms with Gasteiger partial charge in [-0.25, -0.2) is 9.89 Å². The monoisotopic (exact) mass is 270 g/mol. The maximum atomic E-state index is 11.9. The summed E-state index contributed by atoms with van der Waals surface area (Å²) in [5.74, 6) is 0.623. The van der Waals surface area contributed by atoms with E-state index < -0.39 is 6.61 Å². The molecule has 0 unspecified atom stereocenters. The molecule has 19 heavy (non-hydrogen) atoms. The van der Waals surface area contributed by atoms with Crippen molar-refractivity contribution in [1.29, 1.82) is 0 Å². The zero-order valence-corrected chi connectivity index (χ0v) is 9.82. The van der Waals surface area contributed by atoms with Crippen LogP contribution in [0.5, 0.6) is 5.75 Å². The third-order valence-corrected chi connectivity index (χ3v) is 2.32. The second-order valence-electron chi connectivity index (χ2n) is 3.75. The van der Waals surface area contributed by atoms with Gasteiger partial charge in [0.15, 0.2) is 0 Å². The van der Waals surface area contributed by atoms with Gasteiger partial charge in [0.25, 0.3) is 0 Å². The summed E-state index contributed by atoms with van der Waals surface area (Å²) in [5.41, 5.74) is 0.546. The molecule has 0 saturated heterocycles. The van der Waals surface area contributed by atoms with Gasteiger partial charge >= 0.3 is 12.3 Å². The molecule has 0 saturated carbocycles. The van der Waals surface area contributed by atoms with Gasteiger partial charge in [-0.15, -0.1) is 0 Å². The molecule has 0 spiro atoms. The summed E-state index contributed by atoms with van der Waals surface area (Å²) in [6, 6.07) is 6.30. The van der Waals surface area contributed by atoms with Crippen molar-refractivity contribution in [3.8, 4) is 5.75 Å². The minimum atomic E-state index is -2.82. The summed E-state index contributed by atoms with van der Waals surface area (Å²) in [6.45, 7) is -1.90. The van der Waals surface area contributed by atoms with Gasteiger partial charge in [0, 0.05) is 6.54 Å². The van der Waals surface area contributed by atoms with Gasteiger partial charge in [0.1, 0.15) is 11.6 Å². The van der Waals surface area contributed by atoms with E-state index in [2.05, 4.69) is 25.2 Å². The topological polar surface area (TPSA) is 82.8 Å². The Bertz CT molecular complexity index is 565. The summed E-state index contributed by atoms with van der Waals surface area (Å²) < 4.78 is 28.1. The second kappa shape index (κ2) is 6.10.